The third-order valence-electron chi connectivity index (χ3n) is 1.54. The van der Waals surface area contributed by atoms with Gasteiger partial charge in [-0.05, 0) is 40.2 Å². The maximum absolute atomic E-state index is 4.43. The van der Waals surface area contributed by atoms with Crippen LogP contribution in [0.15, 0.2) is 16.8 Å². The van der Waals surface area contributed by atoms with Gasteiger partial charge in [-0.1, -0.05) is 6.92 Å². The van der Waals surface area contributed by atoms with Gasteiger partial charge in [0.15, 0.2) is 0 Å². The summed E-state index contributed by atoms with van der Waals surface area (Å²) in [6.07, 6.45) is 3.25. The smallest absolute Gasteiger partial charge is 0.0446 e. The van der Waals surface area contributed by atoms with Crippen molar-refractivity contribution in [3.63, 3.8) is 0 Å². The van der Waals surface area contributed by atoms with E-state index in [-0.39, 0.29) is 0 Å². The van der Waals surface area contributed by atoms with Gasteiger partial charge in [-0.3, -0.25) is 4.99 Å². The lowest BCUT2D eigenvalue weighted by molar-refractivity contribution is 0.770. The molecule has 0 unspecified atom stereocenters. The minimum absolute atomic E-state index is 0.384. The van der Waals surface area contributed by atoms with Gasteiger partial charge in [0.1, 0.15) is 0 Å². The van der Waals surface area contributed by atoms with Crippen molar-refractivity contribution in [1.29, 1.82) is 0 Å². The fourth-order valence-corrected chi connectivity index (χ4v) is 1.13. The number of rotatable bonds is 5. The lowest BCUT2D eigenvalue weighted by Gasteiger charge is -2.04. The third-order valence-corrected chi connectivity index (χ3v) is 1.54. The molecule has 76 valence electrons. The average Bonchev–Trinajstić information content (AvgIpc) is 1.98. The van der Waals surface area contributed by atoms with Gasteiger partial charge in [-0.2, -0.15) is 0 Å². The second-order valence-corrected chi connectivity index (χ2v) is 3.62. The molecule has 1 N–H and O–H groups in total. The van der Waals surface area contributed by atoms with Crippen molar-refractivity contribution < 1.29 is 0 Å². The highest BCUT2D eigenvalue weighted by Gasteiger charge is 1.91. The predicted molar refractivity (Wildman–Crippen MR) is 60.3 cm³/mol. The summed E-state index contributed by atoms with van der Waals surface area (Å²) in [6, 6.07) is 0.384. The standard InChI is InChI=1S/C11H22N2/c1-6-7-12-10(4)8-11(5)13-9(2)3/h8-9,12H,6-7H2,1-5H3. The molecule has 0 saturated carbocycles. The molecular formula is C11H22N2. The molecule has 0 spiro atoms. The molecule has 0 aromatic heterocycles. The van der Waals surface area contributed by atoms with Crippen LogP contribution in [0.4, 0.5) is 0 Å². The molecule has 0 amide bonds. The summed E-state index contributed by atoms with van der Waals surface area (Å²) in [5, 5.41) is 3.32. The number of hydrogen-bond acceptors (Lipinski definition) is 2. The Kier molecular flexibility index (Phi) is 6.29. The van der Waals surface area contributed by atoms with E-state index in [4.69, 9.17) is 0 Å². The Hall–Kier alpha value is -0.790. The van der Waals surface area contributed by atoms with Gasteiger partial charge in [0.2, 0.25) is 0 Å². The summed E-state index contributed by atoms with van der Waals surface area (Å²) >= 11 is 0. The van der Waals surface area contributed by atoms with Crippen LogP contribution in [-0.2, 0) is 0 Å². The molecule has 0 aromatic rings. The molecule has 2 nitrogen and oxygen atoms in total. The van der Waals surface area contributed by atoms with Gasteiger partial charge in [-0.25, -0.2) is 0 Å². The molecule has 13 heavy (non-hydrogen) atoms. The van der Waals surface area contributed by atoms with E-state index in [1.807, 2.05) is 6.92 Å². The second kappa shape index (κ2) is 6.70. The summed E-state index contributed by atoms with van der Waals surface area (Å²) in [7, 11) is 0. The highest BCUT2D eigenvalue weighted by atomic mass is 14.9. The van der Waals surface area contributed by atoms with E-state index in [0.717, 1.165) is 18.7 Å². The second-order valence-electron chi connectivity index (χ2n) is 3.62. The quantitative estimate of drug-likeness (QED) is 0.650. The van der Waals surface area contributed by atoms with E-state index >= 15 is 0 Å². The van der Waals surface area contributed by atoms with Crippen molar-refractivity contribution in [1.82, 2.24) is 5.32 Å². The first kappa shape index (κ1) is 12.2. The molecule has 2 heteroatoms. The van der Waals surface area contributed by atoms with Crippen molar-refractivity contribution in [2.45, 2.75) is 47.1 Å². The molecule has 0 aliphatic heterocycles. The lowest BCUT2D eigenvalue weighted by Crippen LogP contribution is -2.12. The molecular weight excluding hydrogens is 160 g/mol. The van der Waals surface area contributed by atoms with E-state index in [9.17, 15) is 0 Å². The molecule has 0 aliphatic carbocycles. The molecule has 0 radical (unpaired) electrons. The summed E-state index contributed by atoms with van der Waals surface area (Å²) < 4.78 is 0. The zero-order chi connectivity index (χ0) is 10.3. The van der Waals surface area contributed by atoms with Crippen molar-refractivity contribution in [3.8, 4) is 0 Å². The summed E-state index contributed by atoms with van der Waals surface area (Å²) in [4.78, 5) is 4.43. The zero-order valence-electron chi connectivity index (χ0n) is 9.52. The topological polar surface area (TPSA) is 24.4 Å². The van der Waals surface area contributed by atoms with E-state index in [1.165, 1.54) is 5.70 Å². The van der Waals surface area contributed by atoms with Gasteiger partial charge < -0.3 is 5.32 Å². The number of hydrogen-bond donors (Lipinski definition) is 1. The van der Waals surface area contributed by atoms with Crippen LogP contribution in [0.5, 0.6) is 0 Å². The molecule has 0 aromatic carbocycles. The molecule has 0 saturated heterocycles. The Morgan fingerprint density at radius 2 is 2.00 bits per heavy atom. The van der Waals surface area contributed by atoms with E-state index in [0.29, 0.717) is 6.04 Å². The van der Waals surface area contributed by atoms with E-state index in [2.05, 4.69) is 44.1 Å². The van der Waals surface area contributed by atoms with Crippen LogP contribution >= 0.6 is 0 Å². The van der Waals surface area contributed by atoms with Crippen molar-refractivity contribution >= 4 is 5.71 Å². The first-order chi connectivity index (χ1) is 6.06. The van der Waals surface area contributed by atoms with Crippen molar-refractivity contribution in [2.24, 2.45) is 4.99 Å². The molecule has 0 bridgehead atoms. The Morgan fingerprint density at radius 3 is 2.46 bits per heavy atom. The number of allylic oxidation sites excluding steroid dienone is 2. The summed E-state index contributed by atoms with van der Waals surface area (Å²) in [5.74, 6) is 0. The fraction of sp³-hybridized carbons (Fsp3) is 0.727. The first-order valence-corrected chi connectivity index (χ1v) is 5.02. The SMILES string of the molecule is CCCNC(C)=CC(C)=NC(C)C. The number of nitrogens with one attached hydrogen (secondary N) is 1. The summed E-state index contributed by atoms with van der Waals surface area (Å²) in [6.45, 7) is 11.5. The highest BCUT2D eigenvalue weighted by Crippen LogP contribution is 1.93. The van der Waals surface area contributed by atoms with Crippen LogP contribution in [0.2, 0.25) is 0 Å². The third kappa shape index (κ3) is 7.57. The maximum Gasteiger partial charge on any atom is 0.0446 e. The zero-order valence-corrected chi connectivity index (χ0v) is 9.52. The monoisotopic (exact) mass is 182 g/mol. The fourth-order valence-electron chi connectivity index (χ4n) is 1.13. The predicted octanol–water partition coefficient (Wildman–Crippen LogP) is 2.76. The minimum atomic E-state index is 0.384. The van der Waals surface area contributed by atoms with Crippen LogP contribution in [0.25, 0.3) is 0 Å². The van der Waals surface area contributed by atoms with E-state index < -0.39 is 0 Å². The van der Waals surface area contributed by atoms with Crippen molar-refractivity contribution in [3.05, 3.63) is 11.8 Å². The van der Waals surface area contributed by atoms with Gasteiger partial charge in [0.05, 0.1) is 0 Å². The number of nitrogens with zero attached hydrogens (tertiary/aromatic N) is 1. The van der Waals surface area contributed by atoms with Gasteiger partial charge in [0.25, 0.3) is 0 Å². The Labute approximate surface area is 82.1 Å². The Bertz CT molecular complexity index is 190. The average molecular weight is 182 g/mol. The largest absolute Gasteiger partial charge is 0.389 e. The van der Waals surface area contributed by atoms with Crippen LogP contribution in [0, 0.1) is 0 Å². The minimum Gasteiger partial charge on any atom is -0.389 e. The molecule has 0 rings (SSSR count). The van der Waals surface area contributed by atoms with E-state index in [1.54, 1.807) is 0 Å². The first-order valence-electron chi connectivity index (χ1n) is 5.02. The van der Waals surface area contributed by atoms with Crippen LogP contribution < -0.4 is 5.32 Å². The number of aliphatic imine (C=N–C) groups is 1. The highest BCUT2D eigenvalue weighted by molar-refractivity contribution is 5.93. The molecule has 0 heterocycles. The maximum atomic E-state index is 4.43. The van der Waals surface area contributed by atoms with Gasteiger partial charge in [-0.15, -0.1) is 0 Å². The van der Waals surface area contributed by atoms with Crippen molar-refractivity contribution in [2.75, 3.05) is 6.54 Å². The lowest BCUT2D eigenvalue weighted by atomic mass is 10.3. The summed E-state index contributed by atoms with van der Waals surface area (Å²) in [5.41, 5.74) is 2.29. The normalized spacial score (nSPS) is 13.7. The van der Waals surface area contributed by atoms with Gasteiger partial charge >= 0.3 is 0 Å². The van der Waals surface area contributed by atoms with Crippen LogP contribution in [0.1, 0.15) is 41.0 Å². The molecule has 0 atom stereocenters. The van der Waals surface area contributed by atoms with Gasteiger partial charge in [0, 0.05) is 24.0 Å². The van der Waals surface area contributed by atoms with Crippen LogP contribution in [0.3, 0.4) is 0 Å². The Balaban J connectivity index is 4.05. The molecule has 0 fully saturated rings. The van der Waals surface area contributed by atoms with Crippen LogP contribution in [-0.4, -0.2) is 18.3 Å². The Morgan fingerprint density at radius 1 is 1.38 bits per heavy atom. The molecule has 0 aliphatic rings.